The third-order valence-electron chi connectivity index (χ3n) is 1.72. The number of rotatable bonds is 1. The molecular weight excluding hydrogens is 219 g/mol. The van der Waals surface area contributed by atoms with Crippen molar-refractivity contribution in [3.63, 3.8) is 0 Å². The van der Waals surface area contributed by atoms with Gasteiger partial charge in [0.2, 0.25) is 0 Å². The van der Waals surface area contributed by atoms with E-state index in [4.69, 9.17) is 23.2 Å². The van der Waals surface area contributed by atoms with Gasteiger partial charge in [-0.05, 0) is 19.9 Å². The van der Waals surface area contributed by atoms with Gasteiger partial charge in [0, 0.05) is 0 Å². The summed E-state index contributed by atoms with van der Waals surface area (Å²) in [4.78, 5) is 0. The predicted molar refractivity (Wildman–Crippen MR) is 61.7 cm³/mol. The van der Waals surface area contributed by atoms with E-state index in [0.29, 0.717) is 10.3 Å². The van der Waals surface area contributed by atoms with Crippen LogP contribution in [0, 0.1) is 0 Å². The highest BCUT2D eigenvalue weighted by Crippen LogP contribution is 2.20. The molecule has 0 saturated heterocycles. The van der Waals surface area contributed by atoms with Gasteiger partial charge in [-0.3, -0.25) is 0 Å². The summed E-state index contributed by atoms with van der Waals surface area (Å²) < 4.78 is 0. The number of allylic oxidation sites excluding steroid dienone is 4. The van der Waals surface area contributed by atoms with E-state index in [2.05, 4.69) is 10.6 Å². The molecule has 0 unspecified atom stereocenters. The first-order chi connectivity index (χ1) is 6.69. The molecule has 0 amide bonds. The van der Waals surface area contributed by atoms with Gasteiger partial charge in [-0.15, -0.1) is 0 Å². The van der Waals surface area contributed by atoms with Crippen molar-refractivity contribution in [3.05, 3.63) is 46.0 Å². The second kappa shape index (κ2) is 5.13. The first-order valence-electron chi connectivity index (χ1n) is 4.28. The molecule has 0 atom stereocenters. The minimum Gasteiger partial charge on any atom is -0.342 e. The molecule has 0 bridgehead atoms. The van der Waals surface area contributed by atoms with Gasteiger partial charge in [-0.2, -0.15) is 0 Å². The summed E-state index contributed by atoms with van der Waals surface area (Å²) in [5.41, 5.74) is 1.82. The molecule has 14 heavy (non-hydrogen) atoms. The fourth-order valence-corrected chi connectivity index (χ4v) is 1.33. The van der Waals surface area contributed by atoms with Gasteiger partial charge in [-0.1, -0.05) is 41.4 Å². The highest BCUT2D eigenvalue weighted by Gasteiger charge is 2.14. The Morgan fingerprint density at radius 3 is 2.07 bits per heavy atom. The van der Waals surface area contributed by atoms with Gasteiger partial charge >= 0.3 is 0 Å². The lowest BCUT2D eigenvalue weighted by Gasteiger charge is -2.21. The summed E-state index contributed by atoms with van der Waals surface area (Å²) in [7, 11) is 0. The molecule has 1 rings (SSSR count). The van der Waals surface area contributed by atoms with Crippen LogP contribution in [0.1, 0.15) is 13.8 Å². The van der Waals surface area contributed by atoms with Crippen molar-refractivity contribution in [2.45, 2.75) is 13.8 Å². The lowest BCUT2D eigenvalue weighted by Crippen LogP contribution is -2.28. The minimum atomic E-state index is 0.410. The Balaban J connectivity index is 2.98. The topological polar surface area (TPSA) is 24.1 Å². The van der Waals surface area contributed by atoms with Crippen LogP contribution in [0.5, 0.6) is 0 Å². The zero-order valence-corrected chi connectivity index (χ0v) is 9.58. The van der Waals surface area contributed by atoms with Crippen LogP contribution in [0.3, 0.4) is 0 Å². The molecule has 2 nitrogen and oxygen atoms in total. The van der Waals surface area contributed by atoms with Crippen molar-refractivity contribution in [1.29, 1.82) is 0 Å². The number of hydrogen-bond donors (Lipinski definition) is 2. The zero-order chi connectivity index (χ0) is 10.6. The van der Waals surface area contributed by atoms with Crippen molar-refractivity contribution in [3.8, 4) is 0 Å². The highest BCUT2D eigenvalue weighted by molar-refractivity contribution is 6.39. The molecule has 2 N–H and O–H groups in total. The van der Waals surface area contributed by atoms with E-state index in [1.54, 1.807) is 0 Å². The molecule has 4 heteroatoms. The first-order valence-corrected chi connectivity index (χ1v) is 5.03. The number of hydrogen-bond acceptors (Lipinski definition) is 2. The molecule has 1 aliphatic heterocycles. The lowest BCUT2D eigenvalue weighted by atomic mass is 10.2. The summed E-state index contributed by atoms with van der Waals surface area (Å²) in [5.74, 6) is 0. The van der Waals surface area contributed by atoms with Crippen LogP contribution in [0.2, 0.25) is 0 Å². The third-order valence-corrected chi connectivity index (χ3v) is 2.38. The quantitative estimate of drug-likeness (QED) is 0.677. The minimum absolute atomic E-state index is 0.410. The van der Waals surface area contributed by atoms with E-state index in [0.717, 1.165) is 11.4 Å². The van der Waals surface area contributed by atoms with E-state index in [1.165, 1.54) is 0 Å². The average Bonchev–Trinajstić information content (AvgIpc) is 2.19. The molecule has 0 aliphatic carbocycles. The molecule has 76 valence electrons. The van der Waals surface area contributed by atoms with Crippen LogP contribution in [-0.4, -0.2) is 0 Å². The number of halogens is 2. The second-order valence-electron chi connectivity index (χ2n) is 2.69. The fraction of sp³-hybridized carbons (Fsp3) is 0.200. The van der Waals surface area contributed by atoms with Crippen molar-refractivity contribution in [2.24, 2.45) is 0 Å². The van der Waals surface area contributed by atoms with Crippen LogP contribution < -0.4 is 10.6 Å². The van der Waals surface area contributed by atoms with E-state index in [9.17, 15) is 0 Å². The van der Waals surface area contributed by atoms with Gasteiger partial charge in [0.1, 0.15) is 10.3 Å². The average molecular weight is 231 g/mol. The van der Waals surface area contributed by atoms with Gasteiger partial charge in [0.25, 0.3) is 0 Å². The van der Waals surface area contributed by atoms with Gasteiger partial charge in [0.15, 0.2) is 0 Å². The van der Waals surface area contributed by atoms with E-state index >= 15 is 0 Å². The molecular formula is C10H12Cl2N2. The van der Waals surface area contributed by atoms with Crippen molar-refractivity contribution >= 4 is 23.2 Å². The van der Waals surface area contributed by atoms with Crippen LogP contribution in [-0.2, 0) is 0 Å². The molecule has 0 aromatic carbocycles. The fourth-order valence-electron chi connectivity index (χ4n) is 1.03. The summed E-state index contributed by atoms with van der Waals surface area (Å²) in [6.45, 7) is 3.88. The second-order valence-corrected chi connectivity index (χ2v) is 3.44. The maximum atomic E-state index is 5.84. The van der Waals surface area contributed by atoms with Crippen molar-refractivity contribution in [1.82, 2.24) is 10.6 Å². The molecule has 0 radical (unpaired) electrons. The largest absolute Gasteiger partial charge is 0.342 e. The molecule has 0 aromatic rings. The van der Waals surface area contributed by atoms with Crippen LogP contribution in [0.15, 0.2) is 46.0 Å². The summed E-state index contributed by atoms with van der Waals surface area (Å²) in [5, 5.41) is 6.80. The zero-order valence-electron chi connectivity index (χ0n) is 8.07. The van der Waals surface area contributed by atoms with E-state index in [1.807, 2.05) is 38.2 Å². The monoisotopic (exact) mass is 230 g/mol. The molecule has 0 spiro atoms. The molecule has 1 heterocycles. The van der Waals surface area contributed by atoms with Gasteiger partial charge in [-0.25, -0.2) is 0 Å². The Hall–Kier alpha value is -0.860. The standard InChI is InChI=1S/C10H12Cl2N2/c1-3-5-6-8-7(4-2)13-9(11)10(12)14-8/h3-6,13-14H,1-2H3/b5-3-,7-4+,8-6+. The van der Waals surface area contributed by atoms with Gasteiger partial charge in [0.05, 0.1) is 11.4 Å². The maximum absolute atomic E-state index is 5.84. The van der Waals surface area contributed by atoms with Crippen LogP contribution in [0.4, 0.5) is 0 Å². The third kappa shape index (κ3) is 2.56. The van der Waals surface area contributed by atoms with Crippen molar-refractivity contribution < 1.29 is 0 Å². The summed E-state index contributed by atoms with van der Waals surface area (Å²) >= 11 is 11.7. The van der Waals surface area contributed by atoms with Crippen LogP contribution in [0.25, 0.3) is 0 Å². The van der Waals surface area contributed by atoms with Crippen LogP contribution >= 0.6 is 23.2 Å². The van der Waals surface area contributed by atoms with E-state index in [-0.39, 0.29) is 0 Å². The Labute approximate surface area is 94.0 Å². The Kier molecular flexibility index (Phi) is 4.11. The summed E-state index contributed by atoms with van der Waals surface area (Å²) in [6, 6.07) is 0. The molecule has 0 saturated carbocycles. The lowest BCUT2D eigenvalue weighted by molar-refractivity contribution is 0.879. The highest BCUT2D eigenvalue weighted by atomic mass is 35.5. The maximum Gasteiger partial charge on any atom is 0.142 e. The van der Waals surface area contributed by atoms with E-state index < -0.39 is 0 Å². The molecule has 0 aromatic heterocycles. The predicted octanol–water partition coefficient (Wildman–Crippen LogP) is 3.15. The van der Waals surface area contributed by atoms with Crippen molar-refractivity contribution in [2.75, 3.05) is 0 Å². The smallest absolute Gasteiger partial charge is 0.142 e. The normalized spacial score (nSPS) is 23.1. The summed E-state index contributed by atoms with van der Waals surface area (Å²) in [6.07, 6.45) is 7.72. The first kappa shape index (κ1) is 11.2. The molecule has 0 fully saturated rings. The van der Waals surface area contributed by atoms with Gasteiger partial charge < -0.3 is 10.6 Å². The Morgan fingerprint density at radius 1 is 1.00 bits per heavy atom. The SMILES string of the molecule is C\C=C/C=C1/NC(Cl)=C(Cl)N/C1=C/C. The number of nitrogens with one attached hydrogen (secondary N) is 2. The Bertz CT molecular complexity index is 338. The molecule has 1 aliphatic rings. The Morgan fingerprint density at radius 2 is 1.57 bits per heavy atom.